The van der Waals surface area contributed by atoms with Crippen LogP contribution in [0.4, 0.5) is 14.9 Å². The van der Waals surface area contributed by atoms with E-state index in [1.54, 1.807) is 6.92 Å². The molecule has 2 N–H and O–H groups in total. The Morgan fingerprint density at radius 2 is 2.14 bits per heavy atom. The Kier molecular flexibility index (Phi) is 6.10. The van der Waals surface area contributed by atoms with E-state index in [0.717, 1.165) is 6.07 Å². The van der Waals surface area contributed by atoms with Gasteiger partial charge in [0.15, 0.2) is 0 Å². The van der Waals surface area contributed by atoms with E-state index in [9.17, 15) is 14.0 Å². The van der Waals surface area contributed by atoms with Crippen LogP contribution in [0.3, 0.4) is 0 Å². The Morgan fingerprint density at radius 1 is 1.48 bits per heavy atom. The van der Waals surface area contributed by atoms with Gasteiger partial charge in [0.1, 0.15) is 5.82 Å². The number of amides is 2. The maximum Gasteiger partial charge on any atom is 0.335 e. The smallest absolute Gasteiger partial charge is 0.335 e. The number of benzene rings is 1. The standard InChI is InChI=1S/C14H19FN2O4/c1-4-17(9(2)8-21-3)14(20)16-12-6-5-10(13(18)19)7-11(12)15/h5-7,9H,4,8H2,1-3H3,(H,16,20)(H,18,19). The molecule has 0 aliphatic heterocycles. The molecule has 0 aromatic heterocycles. The molecule has 6 nitrogen and oxygen atoms in total. The molecular formula is C14H19FN2O4. The van der Waals surface area contributed by atoms with Crippen LogP contribution in [-0.4, -0.2) is 48.3 Å². The number of halogens is 1. The summed E-state index contributed by atoms with van der Waals surface area (Å²) in [5.41, 5.74) is -0.237. The predicted molar refractivity (Wildman–Crippen MR) is 76.1 cm³/mol. The molecule has 116 valence electrons. The van der Waals surface area contributed by atoms with E-state index in [1.165, 1.54) is 24.1 Å². The molecule has 0 aliphatic carbocycles. The number of anilines is 1. The second-order valence-electron chi connectivity index (χ2n) is 4.52. The Balaban J connectivity index is 2.84. The fraction of sp³-hybridized carbons (Fsp3) is 0.429. The lowest BCUT2D eigenvalue weighted by Gasteiger charge is -2.27. The van der Waals surface area contributed by atoms with E-state index < -0.39 is 17.8 Å². The summed E-state index contributed by atoms with van der Waals surface area (Å²) in [6, 6.07) is 2.69. The SMILES string of the molecule is CCN(C(=O)Nc1ccc(C(=O)O)cc1F)C(C)COC. The minimum atomic E-state index is -1.23. The number of nitrogens with zero attached hydrogens (tertiary/aromatic N) is 1. The third kappa shape index (κ3) is 4.42. The number of carboxylic acid groups (broad SMARTS) is 1. The van der Waals surface area contributed by atoms with Gasteiger partial charge in [0.25, 0.3) is 0 Å². The van der Waals surface area contributed by atoms with Crippen molar-refractivity contribution >= 4 is 17.7 Å². The molecule has 0 aliphatic rings. The average Bonchev–Trinajstić information content (AvgIpc) is 2.42. The van der Waals surface area contributed by atoms with Gasteiger partial charge in [0.2, 0.25) is 0 Å². The summed E-state index contributed by atoms with van der Waals surface area (Å²) in [5.74, 6) is -2.02. The third-order valence-corrected chi connectivity index (χ3v) is 3.00. The van der Waals surface area contributed by atoms with Crippen LogP contribution in [-0.2, 0) is 4.74 Å². The van der Waals surface area contributed by atoms with E-state index in [2.05, 4.69) is 5.32 Å². The van der Waals surface area contributed by atoms with E-state index in [4.69, 9.17) is 9.84 Å². The average molecular weight is 298 g/mol. The first kappa shape index (κ1) is 16.9. The van der Waals surface area contributed by atoms with E-state index in [-0.39, 0.29) is 17.3 Å². The highest BCUT2D eigenvalue weighted by Gasteiger charge is 2.19. The van der Waals surface area contributed by atoms with E-state index in [0.29, 0.717) is 13.2 Å². The highest BCUT2D eigenvalue weighted by Crippen LogP contribution is 2.17. The number of likely N-dealkylation sites (N-methyl/N-ethyl adjacent to an activating group) is 1. The second kappa shape index (κ2) is 7.58. The minimum Gasteiger partial charge on any atom is -0.478 e. The van der Waals surface area contributed by atoms with Crippen LogP contribution >= 0.6 is 0 Å². The number of urea groups is 1. The molecule has 1 rings (SSSR count). The summed E-state index contributed by atoms with van der Waals surface area (Å²) in [5, 5.41) is 11.2. The van der Waals surface area contributed by atoms with Crippen LogP contribution in [0.5, 0.6) is 0 Å². The predicted octanol–water partition coefficient (Wildman–Crippen LogP) is 2.41. The fourth-order valence-electron chi connectivity index (χ4n) is 1.92. The molecule has 0 heterocycles. The van der Waals surface area contributed by atoms with Crippen molar-refractivity contribution in [1.29, 1.82) is 0 Å². The molecule has 1 unspecified atom stereocenters. The maximum atomic E-state index is 13.8. The first-order chi connectivity index (χ1) is 9.90. The van der Waals surface area contributed by atoms with Crippen molar-refractivity contribution < 1.29 is 23.8 Å². The number of carbonyl (C=O) groups excluding carboxylic acids is 1. The Labute approximate surface area is 122 Å². The number of methoxy groups -OCH3 is 1. The number of rotatable bonds is 6. The van der Waals surface area contributed by atoms with Gasteiger partial charge < -0.3 is 20.1 Å². The molecule has 7 heteroatoms. The number of carboxylic acids is 1. The van der Waals surface area contributed by atoms with Gasteiger partial charge in [-0.15, -0.1) is 0 Å². The normalized spacial score (nSPS) is 11.8. The van der Waals surface area contributed by atoms with Gasteiger partial charge in [-0.2, -0.15) is 0 Å². The van der Waals surface area contributed by atoms with Crippen LogP contribution in [0.1, 0.15) is 24.2 Å². The molecule has 0 spiro atoms. The van der Waals surface area contributed by atoms with Crippen molar-refractivity contribution in [3.63, 3.8) is 0 Å². The lowest BCUT2D eigenvalue weighted by Crippen LogP contribution is -2.43. The van der Waals surface area contributed by atoms with Crippen molar-refractivity contribution in [2.75, 3.05) is 25.6 Å². The van der Waals surface area contributed by atoms with Gasteiger partial charge in [-0.25, -0.2) is 14.0 Å². The van der Waals surface area contributed by atoms with Crippen molar-refractivity contribution in [3.8, 4) is 0 Å². The molecule has 1 aromatic carbocycles. The summed E-state index contributed by atoms with van der Waals surface area (Å²) in [6.07, 6.45) is 0. The molecule has 0 saturated heterocycles. The zero-order valence-corrected chi connectivity index (χ0v) is 12.2. The van der Waals surface area contributed by atoms with Crippen LogP contribution in [0, 0.1) is 5.82 Å². The van der Waals surface area contributed by atoms with E-state index >= 15 is 0 Å². The van der Waals surface area contributed by atoms with Gasteiger partial charge in [0.05, 0.1) is 23.9 Å². The molecule has 0 fully saturated rings. The van der Waals surface area contributed by atoms with Crippen molar-refractivity contribution in [1.82, 2.24) is 4.90 Å². The highest BCUT2D eigenvalue weighted by molar-refractivity contribution is 5.92. The first-order valence-corrected chi connectivity index (χ1v) is 6.50. The molecular weight excluding hydrogens is 279 g/mol. The van der Waals surface area contributed by atoms with Crippen LogP contribution < -0.4 is 5.32 Å². The zero-order valence-electron chi connectivity index (χ0n) is 12.2. The molecule has 1 aromatic rings. The lowest BCUT2D eigenvalue weighted by atomic mass is 10.2. The molecule has 21 heavy (non-hydrogen) atoms. The maximum absolute atomic E-state index is 13.8. The summed E-state index contributed by atoms with van der Waals surface area (Å²) in [6.45, 7) is 4.42. The summed E-state index contributed by atoms with van der Waals surface area (Å²) in [4.78, 5) is 24.3. The quantitative estimate of drug-likeness (QED) is 0.845. The van der Waals surface area contributed by atoms with Crippen LogP contribution in [0.15, 0.2) is 18.2 Å². The first-order valence-electron chi connectivity index (χ1n) is 6.50. The molecule has 0 bridgehead atoms. The summed E-state index contributed by atoms with van der Waals surface area (Å²) in [7, 11) is 1.53. The van der Waals surface area contributed by atoms with Crippen molar-refractivity contribution in [3.05, 3.63) is 29.6 Å². The summed E-state index contributed by atoms with van der Waals surface area (Å²) >= 11 is 0. The summed E-state index contributed by atoms with van der Waals surface area (Å²) < 4.78 is 18.8. The highest BCUT2D eigenvalue weighted by atomic mass is 19.1. The minimum absolute atomic E-state index is 0.0620. The largest absolute Gasteiger partial charge is 0.478 e. The second-order valence-corrected chi connectivity index (χ2v) is 4.52. The molecule has 1 atom stereocenters. The van der Waals surface area contributed by atoms with Gasteiger partial charge in [-0.05, 0) is 32.0 Å². The van der Waals surface area contributed by atoms with Gasteiger partial charge in [0, 0.05) is 13.7 Å². The van der Waals surface area contributed by atoms with Gasteiger partial charge >= 0.3 is 12.0 Å². The van der Waals surface area contributed by atoms with Crippen molar-refractivity contribution in [2.45, 2.75) is 19.9 Å². The number of ether oxygens (including phenoxy) is 1. The molecule has 2 amide bonds. The lowest BCUT2D eigenvalue weighted by molar-refractivity contribution is 0.0696. The number of hydrogen-bond donors (Lipinski definition) is 2. The monoisotopic (exact) mass is 298 g/mol. The molecule has 0 radical (unpaired) electrons. The Morgan fingerprint density at radius 3 is 2.62 bits per heavy atom. The van der Waals surface area contributed by atoms with Crippen LogP contribution in [0.2, 0.25) is 0 Å². The Bertz CT molecular complexity index is 522. The number of aromatic carboxylic acids is 1. The van der Waals surface area contributed by atoms with Crippen LogP contribution in [0.25, 0.3) is 0 Å². The number of carbonyl (C=O) groups is 2. The Hall–Kier alpha value is -2.15. The fourth-order valence-corrected chi connectivity index (χ4v) is 1.92. The third-order valence-electron chi connectivity index (χ3n) is 3.00. The van der Waals surface area contributed by atoms with Gasteiger partial charge in [-0.1, -0.05) is 0 Å². The number of nitrogens with one attached hydrogen (secondary N) is 1. The van der Waals surface area contributed by atoms with Crippen molar-refractivity contribution in [2.24, 2.45) is 0 Å². The number of hydrogen-bond acceptors (Lipinski definition) is 3. The zero-order chi connectivity index (χ0) is 16.0. The molecule has 0 saturated carbocycles. The van der Waals surface area contributed by atoms with Gasteiger partial charge in [-0.3, -0.25) is 0 Å². The topological polar surface area (TPSA) is 78.9 Å². The van der Waals surface area contributed by atoms with E-state index in [1.807, 2.05) is 6.92 Å².